The molecule has 0 spiro atoms. The van der Waals surface area contributed by atoms with Gasteiger partial charge in [-0.1, -0.05) is 31.4 Å². The van der Waals surface area contributed by atoms with Crippen molar-refractivity contribution in [1.82, 2.24) is 9.80 Å². The normalized spacial score (nSPS) is 20.2. The Labute approximate surface area is 176 Å². The van der Waals surface area contributed by atoms with Gasteiger partial charge in [-0.15, -0.1) is 0 Å². The second kappa shape index (κ2) is 9.45. The molecule has 0 radical (unpaired) electrons. The minimum absolute atomic E-state index is 0.0796. The van der Waals surface area contributed by atoms with Crippen LogP contribution < -0.4 is 0 Å². The molecule has 5 nitrogen and oxygen atoms in total. The molecule has 2 fully saturated rings. The fourth-order valence-corrected chi connectivity index (χ4v) is 4.73. The molecule has 2 heterocycles. The number of carbonyl (C=O) groups excluding carboxylic acids is 2. The van der Waals surface area contributed by atoms with Crippen LogP contribution in [0.2, 0.25) is 0 Å². The van der Waals surface area contributed by atoms with Crippen LogP contribution in [0.1, 0.15) is 60.9 Å². The molecule has 1 aromatic heterocycles. The minimum Gasteiger partial charge on any atom is -0.472 e. The Morgan fingerprint density at radius 1 is 1.03 bits per heavy atom. The summed E-state index contributed by atoms with van der Waals surface area (Å²) in [7, 11) is 0. The summed E-state index contributed by atoms with van der Waals surface area (Å²) < 4.78 is 18.4. The number of furan rings is 1. The van der Waals surface area contributed by atoms with Crippen molar-refractivity contribution in [3.63, 3.8) is 0 Å². The number of nitrogens with zero attached hydrogens (tertiary/aromatic N) is 2. The van der Waals surface area contributed by atoms with E-state index in [1.807, 2.05) is 4.90 Å². The molecule has 1 atom stereocenters. The van der Waals surface area contributed by atoms with E-state index in [2.05, 4.69) is 0 Å². The van der Waals surface area contributed by atoms with E-state index in [-0.39, 0.29) is 29.6 Å². The maximum absolute atomic E-state index is 13.6. The lowest BCUT2D eigenvalue weighted by Crippen LogP contribution is -2.49. The van der Waals surface area contributed by atoms with Crippen LogP contribution in [-0.4, -0.2) is 40.7 Å². The van der Waals surface area contributed by atoms with E-state index >= 15 is 0 Å². The molecular weight excluding hydrogens is 383 g/mol. The Kier molecular flexibility index (Phi) is 6.50. The van der Waals surface area contributed by atoms with E-state index in [1.165, 1.54) is 31.1 Å². The zero-order valence-electron chi connectivity index (χ0n) is 17.3. The Balaban J connectivity index is 1.49. The quantitative estimate of drug-likeness (QED) is 0.719. The van der Waals surface area contributed by atoms with Crippen LogP contribution >= 0.6 is 0 Å². The first-order valence-corrected chi connectivity index (χ1v) is 11.0. The van der Waals surface area contributed by atoms with Gasteiger partial charge in [0.15, 0.2) is 0 Å². The summed E-state index contributed by atoms with van der Waals surface area (Å²) in [5, 5.41) is 0. The van der Waals surface area contributed by atoms with Crippen LogP contribution in [-0.2, 0) is 11.3 Å². The second-order valence-corrected chi connectivity index (χ2v) is 8.49. The first kappa shape index (κ1) is 20.6. The third-order valence-corrected chi connectivity index (χ3v) is 6.39. The molecule has 1 aliphatic heterocycles. The van der Waals surface area contributed by atoms with Crippen molar-refractivity contribution in [2.24, 2.45) is 5.92 Å². The molecule has 4 rings (SSSR count). The Morgan fingerprint density at radius 3 is 2.50 bits per heavy atom. The lowest BCUT2D eigenvalue weighted by Gasteiger charge is -2.39. The first-order chi connectivity index (χ1) is 14.6. The van der Waals surface area contributed by atoms with Crippen molar-refractivity contribution in [3.8, 4) is 0 Å². The molecule has 2 aliphatic rings. The molecule has 2 amide bonds. The average molecular weight is 413 g/mol. The van der Waals surface area contributed by atoms with Crippen molar-refractivity contribution in [1.29, 1.82) is 0 Å². The molecule has 1 saturated carbocycles. The van der Waals surface area contributed by atoms with Crippen molar-refractivity contribution < 1.29 is 18.4 Å². The molecule has 6 heteroatoms. The van der Waals surface area contributed by atoms with Crippen molar-refractivity contribution in [2.45, 2.75) is 57.5 Å². The summed E-state index contributed by atoms with van der Waals surface area (Å²) in [5.41, 5.74) is 1.47. The van der Waals surface area contributed by atoms with Crippen LogP contribution in [0.3, 0.4) is 0 Å². The van der Waals surface area contributed by atoms with Gasteiger partial charge in [-0.05, 0) is 49.4 Å². The van der Waals surface area contributed by atoms with Gasteiger partial charge in [0.2, 0.25) is 5.91 Å². The zero-order chi connectivity index (χ0) is 20.9. The predicted molar refractivity (Wildman–Crippen MR) is 111 cm³/mol. The molecule has 1 saturated heterocycles. The molecule has 0 N–H and O–H groups in total. The van der Waals surface area contributed by atoms with Crippen LogP contribution in [0.25, 0.3) is 0 Å². The summed E-state index contributed by atoms with van der Waals surface area (Å²) in [4.78, 5) is 30.1. The number of hydrogen-bond donors (Lipinski definition) is 0. The van der Waals surface area contributed by atoms with Crippen molar-refractivity contribution in [2.75, 3.05) is 13.1 Å². The zero-order valence-corrected chi connectivity index (χ0v) is 17.3. The summed E-state index contributed by atoms with van der Waals surface area (Å²) in [6.45, 7) is 1.60. The molecule has 2 aromatic rings. The monoisotopic (exact) mass is 412 g/mol. The highest BCUT2D eigenvalue weighted by atomic mass is 19.1. The molecular formula is C24H29FN2O3. The van der Waals surface area contributed by atoms with Crippen LogP contribution in [0.5, 0.6) is 0 Å². The van der Waals surface area contributed by atoms with Crippen LogP contribution in [0.15, 0.2) is 47.3 Å². The third-order valence-electron chi connectivity index (χ3n) is 6.39. The number of hydrogen-bond acceptors (Lipinski definition) is 3. The molecule has 30 heavy (non-hydrogen) atoms. The maximum Gasteiger partial charge on any atom is 0.257 e. The van der Waals surface area contributed by atoms with E-state index < -0.39 is 0 Å². The SMILES string of the molecule is O=C(c1ccoc1)N1CCCC(C(=O)N(Cc2ccc(F)cc2)C2CCCCC2)C1. The largest absolute Gasteiger partial charge is 0.472 e. The van der Waals surface area contributed by atoms with E-state index in [1.54, 1.807) is 23.1 Å². The number of carbonyl (C=O) groups is 2. The van der Waals surface area contributed by atoms with E-state index in [0.717, 1.165) is 44.1 Å². The summed E-state index contributed by atoms with van der Waals surface area (Å²) in [6, 6.07) is 8.30. The average Bonchev–Trinajstić information content (AvgIpc) is 3.33. The Morgan fingerprint density at radius 2 is 1.80 bits per heavy atom. The van der Waals surface area contributed by atoms with Gasteiger partial charge < -0.3 is 14.2 Å². The van der Waals surface area contributed by atoms with Crippen molar-refractivity contribution in [3.05, 3.63) is 59.8 Å². The number of rotatable bonds is 5. The molecule has 1 aliphatic carbocycles. The van der Waals surface area contributed by atoms with Gasteiger partial charge in [0.05, 0.1) is 17.7 Å². The number of piperidine rings is 1. The van der Waals surface area contributed by atoms with Gasteiger partial charge >= 0.3 is 0 Å². The first-order valence-electron chi connectivity index (χ1n) is 11.0. The van der Waals surface area contributed by atoms with Gasteiger partial charge in [-0.2, -0.15) is 0 Å². The van der Waals surface area contributed by atoms with Crippen LogP contribution in [0, 0.1) is 11.7 Å². The Hall–Kier alpha value is -2.63. The van der Waals surface area contributed by atoms with Gasteiger partial charge in [0, 0.05) is 25.7 Å². The lowest BCUT2D eigenvalue weighted by atomic mass is 9.90. The number of likely N-dealkylation sites (tertiary alicyclic amines) is 1. The molecule has 1 unspecified atom stereocenters. The highest BCUT2D eigenvalue weighted by molar-refractivity contribution is 5.94. The number of halogens is 1. The number of benzene rings is 1. The summed E-state index contributed by atoms with van der Waals surface area (Å²) >= 11 is 0. The highest BCUT2D eigenvalue weighted by Gasteiger charge is 2.34. The molecule has 0 bridgehead atoms. The highest BCUT2D eigenvalue weighted by Crippen LogP contribution is 2.28. The third kappa shape index (κ3) is 4.74. The summed E-state index contributed by atoms with van der Waals surface area (Å²) in [5.74, 6) is -0.424. The van der Waals surface area contributed by atoms with E-state index in [9.17, 15) is 14.0 Å². The maximum atomic E-state index is 13.6. The fraction of sp³-hybridized carbons (Fsp3) is 0.500. The molecule has 1 aromatic carbocycles. The van der Waals surface area contributed by atoms with E-state index in [0.29, 0.717) is 25.2 Å². The fourth-order valence-electron chi connectivity index (χ4n) is 4.73. The van der Waals surface area contributed by atoms with Gasteiger partial charge in [0.1, 0.15) is 12.1 Å². The smallest absolute Gasteiger partial charge is 0.257 e. The topological polar surface area (TPSA) is 53.8 Å². The number of amides is 2. The lowest BCUT2D eigenvalue weighted by molar-refractivity contribution is -0.140. The summed E-state index contributed by atoms with van der Waals surface area (Å²) in [6.07, 6.45) is 10.1. The van der Waals surface area contributed by atoms with Crippen LogP contribution in [0.4, 0.5) is 4.39 Å². The Bertz CT molecular complexity index is 844. The second-order valence-electron chi connectivity index (χ2n) is 8.49. The minimum atomic E-state index is -0.269. The van der Waals surface area contributed by atoms with Gasteiger partial charge in [0.25, 0.3) is 5.91 Å². The van der Waals surface area contributed by atoms with E-state index in [4.69, 9.17) is 4.42 Å². The van der Waals surface area contributed by atoms with Gasteiger partial charge in [-0.3, -0.25) is 9.59 Å². The van der Waals surface area contributed by atoms with Gasteiger partial charge in [-0.25, -0.2) is 4.39 Å². The standard InChI is InChI=1S/C24H29FN2O3/c25-21-10-8-18(9-11-21)15-27(22-6-2-1-3-7-22)24(29)19-5-4-13-26(16-19)23(28)20-12-14-30-17-20/h8-12,14,17,19,22H,1-7,13,15-16H2. The molecule has 160 valence electrons. The van der Waals surface area contributed by atoms with Crippen molar-refractivity contribution >= 4 is 11.8 Å². The predicted octanol–water partition coefficient (Wildman–Crippen LogP) is 4.63.